The average molecular weight is 380 g/mol. The van der Waals surface area contributed by atoms with Gasteiger partial charge in [-0.05, 0) is 62.9 Å². The van der Waals surface area contributed by atoms with Crippen molar-refractivity contribution in [3.8, 4) is 0 Å². The van der Waals surface area contributed by atoms with Crippen LogP contribution in [0.5, 0.6) is 0 Å². The first kappa shape index (κ1) is 18.4. The second kappa shape index (κ2) is 7.96. The number of carbonyl (C=O) groups is 1. The molecule has 0 unspecified atom stereocenters. The molecule has 0 bridgehead atoms. The standard InChI is InChI=1S/C21H24N4O3/c1-3-27-21(26)16-5-6-18-17(13-16)22-20(28-18)12-15-8-10-25(11-9-15)19-7-4-14(2)23-24-19/h4-7,13,15H,3,8-12H2,1-2H3. The van der Waals surface area contributed by atoms with Crippen LogP contribution < -0.4 is 4.90 Å². The number of piperidine rings is 1. The number of nitrogens with zero attached hydrogens (tertiary/aromatic N) is 4. The Hall–Kier alpha value is -2.96. The molecular formula is C21H24N4O3. The number of hydrogen-bond acceptors (Lipinski definition) is 7. The molecule has 1 aromatic carbocycles. The number of benzene rings is 1. The fourth-order valence-corrected chi connectivity index (χ4v) is 3.58. The van der Waals surface area contributed by atoms with Gasteiger partial charge in [-0.2, -0.15) is 5.10 Å². The molecule has 3 aromatic rings. The summed E-state index contributed by atoms with van der Waals surface area (Å²) in [5.74, 6) is 1.86. The Bertz CT molecular complexity index is 959. The zero-order chi connectivity index (χ0) is 19.5. The van der Waals surface area contributed by atoms with Crippen LogP contribution in [0.4, 0.5) is 5.82 Å². The number of aryl methyl sites for hydroxylation is 1. The van der Waals surface area contributed by atoms with Crippen LogP contribution in [0.2, 0.25) is 0 Å². The highest BCUT2D eigenvalue weighted by Crippen LogP contribution is 2.26. The van der Waals surface area contributed by atoms with Crippen molar-refractivity contribution < 1.29 is 13.9 Å². The van der Waals surface area contributed by atoms with E-state index in [4.69, 9.17) is 9.15 Å². The first-order chi connectivity index (χ1) is 13.6. The molecule has 7 heteroatoms. The van der Waals surface area contributed by atoms with Gasteiger partial charge < -0.3 is 14.1 Å². The van der Waals surface area contributed by atoms with Crippen molar-refractivity contribution >= 4 is 22.9 Å². The van der Waals surface area contributed by atoms with Crippen molar-refractivity contribution in [2.24, 2.45) is 5.92 Å². The molecule has 146 valence electrons. The molecule has 0 amide bonds. The third-order valence-corrected chi connectivity index (χ3v) is 5.13. The fourth-order valence-electron chi connectivity index (χ4n) is 3.58. The SMILES string of the molecule is CCOC(=O)c1ccc2oc(CC3CCN(c4ccc(C)nn4)CC3)nc2c1. The topological polar surface area (TPSA) is 81.4 Å². The van der Waals surface area contributed by atoms with Gasteiger partial charge in [0.1, 0.15) is 5.52 Å². The Kier molecular flexibility index (Phi) is 5.23. The van der Waals surface area contributed by atoms with Gasteiger partial charge in [0, 0.05) is 19.5 Å². The summed E-state index contributed by atoms with van der Waals surface area (Å²) in [5, 5.41) is 8.43. The number of aromatic nitrogens is 3. The first-order valence-corrected chi connectivity index (χ1v) is 9.74. The van der Waals surface area contributed by atoms with Crippen LogP contribution in [0, 0.1) is 12.8 Å². The van der Waals surface area contributed by atoms with E-state index < -0.39 is 0 Å². The summed E-state index contributed by atoms with van der Waals surface area (Å²) in [6, 6.07) is 9.27. The van der Waals surface area contributed by atoms with Crippen LogP contribution in [0.1, 0.15) is 41.7 Å². The lowest BCUT2D eigenvalue weighted by molar-refractivity contribution is 0.0526. The maximum absolute atomic E-state index is 11.9. The van der Waals surface area contributed by atoms with E-state index in [1.54, 1.807) is 25.1 Å². The molecule has 0 spiro atoms. The molecule has 0 aliphatic carbocycles. The Labute approximate surface area is 163 Å². The molecule has 28 heavy (non-hydrogen) atoms. The van der Waals surface area contributed by atoms with Gasteiger partial charge in [0.15, 0.2) is 17.3 Å². The summed E-state index contributed by atoms with van der Waals surface area (Å²) < 4.78 is 10.9. The minimum atomic E-state index is -0.333. The normalized spacial score (nSPS) is 15.1. The fraction of sp³-hybridized carbons (Fsp3) is 0.429. The number of fused-ring (bicyclic) bond motifs is 1. The van der Waals surface area contributed by atoms with Crippen LogP contribution in [-0.2, 0) is 11.2 Å². The van der Waals surface area contributed by atoms with Crippen molar-refractivity contribution in [3.63, 3.8) is 0 Å². The number of hydrogen-bond donors (Lipinski definition) is 0. The van der Waals surface area contributed by atoms with Gasteiger partial charge in [-0.3, -0.25) is 0 Å². The maximum Gasteiger partial charge on any atom is 0.338 e. The van der Waals surface area contributed by atoms with E-state index in [1.807, 2.05) is 19.1 Å². The molecule has 1 aliphatic rings. The first-order valence-electron chi connectivity index (χ1n) is 9.74. The molecular weight excluding hydrogens is 356 g/mol. The van der Waals surface area contributed by atoms with Crippen molar-refractivity contribution in [1.82, 2.24) is 15.2 Å². The summed E-state index contributed by atoms with van der Waals surface area (Å²) in [7, 11) is 0. The summed E-state index contributed by atoms with van der Waals surface area (Å²) in [6.45, 7) is 6.00. The molecule has 4 rings (SSSR count). The highest BCUT2D eigenvalue weighted by Gasteiger charge is 2.22. The molecule has 1 saturated heterocycles. The zero-order valence-electron chi connectivity index (χ0n) is 16.2. The van der Waals surface area contributed by atoms with Crippen molar-refractivity contribution in [2.75, 3.05) is 24.6 Å². The number of ether oxygens (including phenoxy) is 1. The molecule has 2 aromatic heterocycles. The molecule has 0 atom stereocenters. The van der Waals surface area contributed by atoms with Gasteiger partial charge in [0.2, 0.25) is 0 Å². The second-order valence-corrected chi connectivity index (χ2v) is 7.18. The van der Waals surface area contributed by atoms with Crippen LogP contribution >= 0.6 is 0 Å². The predicted molar refractivity (Wildman–Crippen MR) is 105 cm³/mol. The van der Waals surface area contributed by atoms with E-state index in [2.05, 4.69) is 20.1 Å². The lowest BCUT2D eigenvalue weighted by Gasteiger charge is -2.32. The zero-order valence-corrected chi connectivity index (χ0v) is 16.2. The highest BCUT2D eigenvalue weighted by molar-refractivity contribution is 5.93. The summed E-state index contributed by atoms with van der Waals surface area (Å²) >= 11 is 0. The van der Waals surface area contributed by atoms with Crippen LogP contribution in [0.15, 0.2) is 34.7 Å². The number of carbonyl (C=O) groups excluding carboxylic acids is 1. The molecule has 0 N–H and O–H groups in total. The van der Waals surface area contributed by atoms with Crippen LogP contribution in [0.3, 0.4) is 0 Å². The Morgan fingerprint density at radius 1 is 1.21 bits per heavy atom. The second-order valence-electron chi connectivity index (χ2n) is 7.18. The minimum Gasteiger partial charge on any atom is -0.462 e. The molecule has 1 aliphatic heterocycles. The molecule has 3 heterocycles. The van der Waals surface area contributed by atoms with E-state index in [0.29, 0.717) is 29.2 Å². The third kappa shape index (κ3) is 3.98. The third-order valence-electron chi connectivity index (χ3n) is 5.13. The molecule has 0 radical (unpaired) electrons. The van der Waals surface area contributed by atoms with E-state index in [-0.39, 0.29) is 5.97 Å². The van der Waals surface area contributed by atoms with E-state index in [9.17, 15) is 4.79 Å². The van der Waals surface area contributed by atoms with E-state index >= 15 is 0 Å². The maximum atomic E-state index is 11.9. The van der Waals surface area contributed by atoms with E-state index in [1.165, 1.54) is 0 Å². The Morgan fingerprint density at radius 2 is 2.04 bits per heavy atom. The summed E-state index contributed by atoms with van der Waals surface area (Å²) in [6.07, 6.45) is 2.92. The van der Waals surface area contributed by atoms with Gasteiger partial charge >= 0.3 is 5.97 Å². The molecule has 0 saturated carbocycles. The van der Waals surface area contributed by atoms with Gasteiger partial charge in [-0.15, -0.1) is 5.10 Å². The largest absolute Gasteiger partial charge is 0.462 e. The van der Waals surface area contributed by atoms with E-state index in [0.717, 1.165) is 49.8 Å². The molecule has 1 fully saturated rings. The smallest absolute Gasteiger partial charge is 0.338 e. The Morgan fingerprint density at radius 3 is 2.75 bits per heavy atom. The quantitative estimate of drug-likeness (QED) is 0.626. The van der Waals surface area contributed by atoms with Gasteiger partial charge in [-0.25, -0.2) is 9.78 Å². The van der Waals surface area contributed by atoms with Gasteiger partial charge in [0.25, 0.3) is 0 Å². The number of anilines is 1. The van der Waals surface area contributed by atoms with Crippen LogP contribution in [-0.4, -0.2) is 40.8 Å². The summed E-state index contributed by atoms with van der Waals surface area (Å²) in [4.78, 5) is 18.7. The predicted octanol–water partition coefficient (Wildman–Crippen LogP) is 3.56. The Balaban J connectivity index is 1.39. The number of oxazole rings is 1. The van der Waals surface area contributed by atoms with Gasteiger partial charge in [-0.1, -0.05) is 0 Å². The summed E-state index contributed by atoms with van der Waals surface area (Å²) in [5.41, 5.74) is 2.84. The van der Waals surface area contributed by atoms with Gasteiger partial charge in [0.05, 0.1) is 17.9 Å². The molecule has 7 nitrogen and oxygen atoms in total. The van der Waals surface area contributed by atoms with Crippen molar-refractivity contribution in [3.05, 3.63) is 47.5 Å². The van der Waals surface area contributed by atoms with Crippen molar-refractivity contribution in [2.45, 2.75) is 33.1 Å². The van der Waals surface area contributed by atoms with Crippen LogP contribution in [0.25, 0.3) is 11.1 Å². The lowest BCUT2D eigenvalue weighted by atomic mass is 9.93. The highest BCUT2D eigenvalue weighted by atomic mass is 16.5. The van der Waals surface area contributed by atoms with Crippen molar-refractivity contribution in [1.29, 1.82) is 0 Å². The number of rotatable bonds is 5. The average Bonchev–Trinajstić information content (AvgIpc) is 3.11. The number of esters is 1. The lowest BCUT2D eigenvalue weighted by Crippen LogP contribution is -2.35. The minimum absolute atomic E-state index is 0.333. The monoisotopic (exact) mass is 380 g/mol.